The molecule has 46 heavy (non-hydrogen) atoms. The van der Waals surface area contributed by atoms with Crippen molar-refractivity contribution in [3.63, 3.8) is 0 Å². The van der Waals surface area contributed by atoms with Crippen LogP contribution in [-0.4, -0.2) is 95.3 Å². The van der Waals surface area contributed by atoms with E-state index >= 15 is 0 Å². The smallest absolute Gasteiger partial charge is 0.330 e. The van der Waals surface area contributed by atoms with Crippen LogP contribution in [0.25, 0.3) is 0 Å². The van der Waals surface area contributed by atoms with Gasteiger partial charge < -0.3 is 26.0 Å². The van der Waals surface area contributed by atoms with E-state index in [9.17, 15) is 32.7 Å². The maximum atomic E-state index is 13.3. The molecule has 4 rings (SSSR count). The summed E-state index contributed by atoms with van der Waals surface area (Å²) in [6.07, 6.45) is 14.4. The molecule has 13 nitrogen and oxygen atoms in total. The molecule has 2 aliphatic carbocycles. The molecule has 0 radical (unpaired) electrons. The van der Waals surface area contributed by atoms with Gasteiger partial charge in [-0.2, -0.15) is 4.31 Å². The number of unbranched alkanes of at least 4 members (excludes halogenated alkanes) is 3. The molecule has 3 fully saturated rings. The molecule has 1 aromatic rings. The quantitative estimate of drug-likeness (QED) is 0.164. The lowest BCUT2D eigenvalue weighted by Gasteiger charge is -2.40. The van der Waals surface area contributed by atoms with Crippen molar-refractivity contribution in [1.82, 2.24) is 30.1 Å². The average Bonchev–Trinajstić information content (AvgIpc) is 3.50. The number of aromatic nitrogens is 1. The zero-order chi connectivity index (χ0) is 33.4. The van der Waals surface area contributed by atoms with Crippen LogP contribution < -0.4 is 16.0 Å². The van der Waals surface area contributed by atoms with Gasteiger partial charge in [0.1, 0.15) is 11.6 Å². The number of carbonyl (C=O) groups is 4. The highest BCUT2D eigenvalue weighted by Gasteiger charge is 2.61. The highest BCUT2D eigenvalue weighted by atomic mass is 32.2. The van der Waals surface area contributed by atoms with E-state index in [0.29, 0.717) is 38.6 Å². The second-order valence-electron chi connectivity index (χ2n) is 12.8. The summed E-state index contributed by atoms with van der Waals surface area (Å²) in [6, 6.07) is 3.24. The van der Waals surface area contributed by atoms with Crippen molar-refractivity contribution in [2.75, 3.05) is 26.7 Å². The Morgan fingerprint density at radius 3 is 2.54 bits per heavy atom. The van der Waals surface area contributed by atoms with Crippen molar-refractivity contribution < 1.29 is 32.7 Å². The largest absolute Gasteiger partial charge is 0.479 e. The first-order chi connectivity index (χ1) is 21.9. The Labute approximate surface area is 271 Å². The second-order valence-corrected chi connectivity index (χ2v) is 14.8. The van der Waals surface area contributed by atoms with Gasteiger partial charge in [0.15, 0.2) is 5.03 Å². The number of carbonyl (C=O) groups excluding carboxylic acids is 3. The summed E-state index contributed by atoms with van der Waals surface area (Å²) in [5.74, 6) is -2.34. The molecule has 2 heterocycles. The molecule has 2 saturated carbocycles. The van der Waals surface area contributed by atoms with Crippen LogP contribution in [0.5, 0.6) is 0 Å². The van der Waals surface area contributed by atoms with Crippen LogP contribution in [0.2, 0.25) is 0 Å². The summed E-state index contributed by atoms with van der Waals surface area (Å²) in [5, 5.41) is 18.1. The number of allylic oxidation sites excluding steroid dienone is 1. The molecule has 1 aliphatic heterocycles. The molecule has 1 saturated heterocycles. The number of likely N-dealkylation sites (tertiary alicyclic amines) is 1. The summed E-state index contributed by atoms with van der Waals surface area (Å²) in [4.78, 5) is 57.0. The summed E-state index contributed by atoms with van der Waals surface area (Å²) in [5.41, 5.74) is -2.19. The Bertz CT molecular complexity index is 1380. The van der Waals surface area contributed by atoms with Crippen LogP contribution in [0.4, 0.5) is 4.79 Å². The zero-order valence-corrected chi connectivity index (χ0v) is 27.7. The lowest BCUT2D eigenvalue weighted by molar-refractivity contribution is -0.145. The van der Waals surface area contributed by atoms with Crippen molar-refractivity contribution in [3.8, 4) is 0 Å². The fourth-order valence-electron chi connectivity index (χ4n) is 6.64. The van der Waals surface area contributed by atoms with Gasteiger partial charge in [-0.05, 0) is 57.1 Å². The van der Waals surface area contributed by atoms with Gasteiger partial charge in [0.05, 0.1) is 12.1 Å². The molecule has 0 aromatic carbocycles. The molecular formula is C32H48N6O7S. The number of urea groups is 1. The van der Waals surface area contributed by atoms with Gasteiger partial charge in [-0.1, -0.05) is 57.2 Å². The van der Waals surface area contributed by atoms with Gasteiger partial charge in [-0.25, -0.2) is 23.0 Å². The first kappa shape index (κ1) is 35.3. The molecule has 14 heteroatoms. The predicted octanol–water partition coefficient (Wildman–Crippen LogP) is 2.79. The van der Waals surface area contributed by atoms with Crippen LogP contribution in [0, 0.1) is 5.92 Å². The number of hydrogen-bond donors (Lipinski definition) is 4. The Morgan fingerprint density at radius 1 is 1.11 bits per heavy atom. The molecule has 0 bridgehead atoms. The minimum absolute atomic E-state index is 0.0435. The summed E-state index contributed by atoms with van der Waals surface area (Å²) >= 11 is 0. The normalized spacial score (nSPS) is 24.1. The fraction of sp³-hybridized carbons (Fsp3) is 0.656. The average molecular weight is 661 g/mol. The SMILES string of the molecule is CCCCC/C=C\C1C[C@]1(NC(=O)[C@@H]1CCCN1C(=O)CNC(=O)NC1(CN(C)S(=O)(=O)c2ccccn2)CCCCC1)C(=O)O. The Kier molecular flexibility index (Phi) is 11.8. The monoisotopic (exact) mass is 660 g/mol. The molecule has 3 atom stereocenters. The minimum Gasteiger partial charge on any atom is -0.479 e. The number of nitrogens with one attached hydrogen (secondary N) is 3. The van der Waals surface area contributed by atoms with Gasteiger partial charge in [0.2, 0.25) is 11.8 Å². The third kappa shape index (κ3) is 8.44. The number of rotatable bonds is 15. The van der Waals surface area contributed by atoms with Crippen LogP contribution in [0.3, 0.4) is 0 Å². The van der Waals surface area contributed by atoms with Gasteiger partial charge in [0, 0.05) is 32.3 Å². The number of amides is 4. The van der Waals surface area contributed by atoms with E-state index in [1.165, 1.54) is 28.5 Å². The van der Waals surface area contributed by atoms with E-state index in [4.69, 9.17) is 0 Å². The van der Waals surface area contributed by atoms with Gasteiger partial charge in [0.25, 0.3) is 10.0 Å². The van der Waals surface area contributed by atoms with Crippen LogP contribution in [-0.2, 0) is 24.4 Å². The van der Waals surface area contributed by atoms with E-state index in [2.05, 4.69) is 27.9 Å². The molecule has 4 amide bonds. The number of likely N-dealkylation sites (N-methyl/N-ethyl adjacent to an activating group) is 1. The van der Waals surface area contributed by atoms with Crippen LogP contribution in [0.15, 0.2) is 41.6 Å². The van der Waals surface area contributed by atoms with Crippen molar-refractivity contribution in [2.45, 2.75) is 106 Å². The molecule has 254 valence electrons. The van der Waals surface area contributed by atoms with E-state index in [1.807, 2.05) is 12.2 Å². The second kappa shape index (κ2) is 15.4. The van der Waals surface area contributed by atoms with E-state index in [-0.39, 0.29) is 24.0 Å². The first-order valence-corrected chi connectivity index (χ1v) is 17.8. The van der Waals surface area contributed by atoms with Crippen molar-refractivity contribution in [2.24, 2.45) is 5.92 Å². The summed E-state index contributed by atoms with van der Waals surface area (Å²) in [7, 11) is -2.42. The lowest BCUT2D eigenvalue weighted by atomic mass is 9.81. The Hall–Kier alpha value is -3.52. The predicted molar refractivity (Wildman–Crippen MR) is 171 cm³/mol. The maximum absolute atomic E-state index is 13.3. The summed E-state index contributed by atoms with van der Waals surface area (Å²) < 4.78 is 27.5. The van der Waals surface area contributed by atoms with Crippen molar-refractivity contribution in [3.05, 3.63) is 36.5 Å². The van der Waals surface area contributed by atoms with Crippen molar-refractivity contribution in [1.29, 1.82) is 0 Å². The molecular weight excluding hydrogens is 612 g/mol. The minimum atomic E-state index is -3.88. The molecule has 0 spiro atoms. The standard InChI is InChI=1S/C32H48N6O7S/c1-3-4-5-6-8-14-24-21-32(24,29(41)42)35-28(40)25-15-13-20-38(25)27(39)22-34-30(43)36-31(17-10-7-11-18-31)23-37(2)46(44,45)26-16-9-12-19-33-26/h8-9,12,14,16,19,24-25H,3-7,10-11,13,15,17-18,20-23H2,1-2H3,(H,35,40)(H,41,42)(H2,34,36,43)/b14-8-/t24?,25-,32+/m0/s1. The van der Waals surface area contributed by atoms with Gasteiger partial charge in [-0.3, -0.25) is 9.59 Å². The molecule has 1 unspecified atom stereocenters. The number of hydrogen-bond acceptors (Lipinski definition) is 7. The summed E-state index contributed by atoms with van der Waals surface area (Å²) in [6.45, 7) is 2.12. The highest BCUT2D eigenvalue weighted by Crippen LogP contribution is 2.45. The van der Waals surface area contributed by atoms with E-state index < -0.39 is 51.0 Å². The third-order valence-corrected chi connectivity index (χ3v) is 11.1. The fourth-order valence-corrected chi connectivity index (χ4v) is 7.82. The Balaban J connectivity index is 1.32. The van der Waals surface area contributed by atoms with Crippen molar-refractivity contribution >= 4 is 33.8 Å². The highest BCUT2D eigenvalue weighted by molar-refractivity contribution is 7.89. The topological polar surface area (TPSA) is 178 Å². The number of carboxylic acid groups (broad SMARTS) is 1. The van der Waals surface area contributed by atoms with E-state index in [0.717, 1.165) is 44.9 Å². The first-order valence-electron chi connectivity index (χ1n) is 16.4. The molecule has 4 N–H and O–H groups in total. The number of sulfonamides is 1. The third-order valence-electron chi connectivity index (χ3n) is 9.39. The van der Waals surface area contributed by atoms with Crippen LogP contribution in [0.1, 0.15) is 84.0 Å². The van der Waals surface area contributed by atoms with Gasteiger partial charge in [-0.15, -0.1) is 0 Å². The Morgan fingerprint density at radius 2 is 1.87 bits per heavy atom. The maximum Gasteiger partial charge on any atom is 0.330 e. The molecule has 3 aliphatic rings. The van der Waals surface area contributed by atoms with Gasteiger partial charge >= 0.3 is 12.0 Å². The molecule has 1 aromatic heterocycles. The number of carboxylic acids is 1. The zero-order valence-electron chi connectivity index (χ0n) is 26.9. The number of pyridine rings is 1. The van der Waals surface area contributed by atoms with E-state index in [1.54, 1.807) is 12.1 Å². The van der Waals surface area contributed by atoms with Crippen LogP contribution >= 0.6 is 0 Å². The number of nitrogens with zero attached hydrogens (tertiary/aromatic N) is 3. The lowest BCUT2D eigenvalue weighted by Crippen LogP contribution is -2.60. The number of aliphatic carboxylic acids is 1.